The van der Waals surface area contributed by atoms with Gasteiger partial charge in [-0.2, -0.15) is 4.98 Å². The van der Waals surface area contributed by atoms with Gasteiger partial charge < -0.3 is 14.4 Å². The van der Waals surface area contributed by atoms with Gasteiger partial charge >= 0.3 is 5.69 Å². The highest BCUT2D eigenvalue weighted by atomic mass is 16.6. The van der Waals surface area contributed by atoms with Crippen molar-refractivity contribution in [1.29, 1.82) is 0 Å². The fourth-order valence-corrected chi connectivity index (χ4v) is 1.56. The van der Waals surface area contributed by atoms with Crippen molar-refractivity contribution in [2.45, 2.75) is 26.6 Å². The van der Waals surface area contributed by atoms with Crippen molar-refractivity contribution in [3.05, 3.63) is 45.6 Å². The standard InChI is InChI=1S/C12H13N3O5/c1-2-12-13-11(14-20-12)7-19-10-4-3-8(6-16)5-9(10)15(17)18/h3-5,16H,2,6-7H2,1H3. The van der Waals surface area contributed by atoms with Crippen LogP contribution in [0, 0.1) is 10.1 Å². The van der Waals surface area contributed by atoms with Gasteiger partial charge in [0.25, 0.3) is 0 Å². The van der Waals surface area contributed by atoms with Gasteiger partial charge in [-0.15, -0.1) is 0 Å². The molecule has 0 atom stereocenters. The van der Waals surface area contributed by atoms with Crippen molar-refractivity contribution in [2.75, 3.05) is 0 Å². The lowest BCUT2D eigenvalue weighted by Crippen LogP contribution is -2.01. The minimum absolute atomic E-state index is 0.0250. The second kappa shape index (κ2) is 6.11. The Morgan fingerprint density at radius 2 is 2.30 bits per heavy atom. The highest BCUT2D eigenvalue weighted by Crippen LogP contribution is 2.28. The Balaban J connectivity index is 2.14. The smallest absolute Gasteiger partial charge is 0.311 e. The van der Waals surface area contributed by atoms with E-state index in [4.69, 9.17) is 14.4 Å². The third-order valence-corrected chi connectivity index (χ3v) is 2.57. The van der Waals surface area contributed by atoms with Gasteiger partial charge in [0, 0.05) is 12.5 Å². The normalized spacial score (nSPS) is 10.5. The molecule has 8 heteroatoms. The molecule has 0 spiro atoms. The van der Waals surface area contributed by atoms with E-state index in [-0.39, 0.29) is 24.7 Å². The minimum Gasteiger partial charge on any atom is -0.478 e. The number of ether oxygens (including phenoxy) is 1. The molecular weight excluding hydrogens is 266 g/mol. The fraction of sp³-hybridized carbons (Fsp3) is 0.333. The Hall–Kier alpha value is -2.48. The molecule has 20 heavy (non-hydrogen) atoms. The summed E-state index contributed by atoms with van der Waals surface area (Å²) >= 11 is 0. The average molecular weight is 279 g/mol. The topological polar surface area (TPSA) is 112 Å². The Morgan fingerprint density at radius 1 is 1.50 bits per heavy atom. The first kappa shape index (κ1) is 13.9. The maximum atomic E-state index is 10.9. The van der Waals surface area contributed by atoms with Crippen molar-refractivity contribution >= 4 is 5.69 Å². The van der Waals surface area contributed by atoms with Crippen molar-refractivity contribution in [3.8, 4) is 5.75 Å². The average Bonchev–Trinajstić information content (AvgIpc) is 2.92. The number of aryl methyl sites for hydroxylation is 1. The van der Waals surface area contributed by atoms with Crippen LogP contribution in [0.3, 0.4) is 0 Å². The summed E-state index contributed by atoms with van der Waals surface area (Å²) in [5.41, 5.74) is 0.229. The molecule has 0 bridgehead atoms. The maximum absolute atomic E-state index is 10.9. The van der Waals surface area contributed by atoms with Crippen LogP contribution >= 0.6 is 0 Å². The van der Waals surface area contributed by atoms with Gasteiger partial charge in [0.15, 0.2) is 12.4 Å². The van der Waals surface area contributed by atoms with Crippen molar-refractivity contribution in [2.24, 2.45) is 0 Å². The molecular formula is C12H13N3O5. The van der Waals surface area contributed by atoms with Crippen LogP contribution in [0.4, 0.5) is 5.69 Å². The molecule has 0 saturated heterocycles. The number of nitro benzene ring substituents is 1. The molecule has 0 unspecified atom stereocenters. The lowest BCUT2D eigenvalue weighted by molar-refractivity contribution is -0.386. The number of nitro groups is 1. The first-order chi connectivity index (χ1) is 9.63. The second-order valence-corrected chi connectivity index (χ2v) is 3.96. The molecule has 106 valence electrons. The van der Waals surface area contributed by atoms with Gasteiger partial charge in [0.05, 0.1) is 11.5 Å². The molecule has 0 radical (unpaired) electrons. The van der Waals surface area contributed by atoms with Gasteiger partial charge in [-0.1, -0.05) is 18.1 Å². The van der Waals surface area contributed by atoms with E-state index in [0.29, 0.717) is 23.7 Å². The van der Waals surface area contributed by atoms with E-state index in [1.807, 2.05) is 6.92 Å². The van der Waals surface area contributed by atoms with Crippen LogP contribution in [0.2, 0.25) is 0 Å². The zero-order chi connectivity index (χ0) is 14.5. The third-order valence-electron chi connectivity index (χ3n) is 2.57. The molecule has 1 heterocycles. The second-order valence-electron chi connectivity index (χ2n) is 3.96. The SMILES string of the molecule is CCc1nc(COc2ccc(CO)cc2[N+](=O)[O-])no1. The third kappa shape index (κ3) is 3.09. The van der Waals surface area contributed by atoms with Crippen molar-refractivity contribution in [3.63, 3.8) is 0 Å². The molecule has 1 aromatic heterocycles. The minimum atomic E-state index is -0.567. The number of aliphatic hydroxyl groups excluding tert-OH is 1. The van der Waals surface area contributed by atoms with E-state index >= 15 is 0 Å². The van der Waals surface area contributed by atoms with Crippen molar-refractivity contribution in [1.82, 2.24) is 10.1 Å². The molecule has 2 rings (SSSR count). The summed E-state index contributed by atoms with van der Waals surface area (Å²) in [6, 6.07) is 4.25. The van der Waals surface area contributed by atoms with Gasteiger partial charge in [0.2, 0.25) is 11.7 Å². The number of aromatic nitrogens is 2. The molecule has 1 N–H and O–H groups in total. The van der Waals surface area contributed by atoms with E-state index in [2.05, 4.69) is 10.1 Å². The predicted molar refractivity (Wildman–Crippen MR) is 67.0 cm³/mol. The molecule has 8 nitrogen and oxygen atoms in total. The van der Waals surface area contributed by atoms with Crippen LogP contribution in [0.25, 0.3) is 0 Å². The summed E-state index contributed by atoms with van der Waals surface area (Å²) in [6.45, 7) is 1.57. The van der Waals surface area contributed by atoms with Gasteiger partial charge in [0.1, 0.15) is 0 Å². The van der Waals surface area contributed by atoms with E-state index in [0.717, 1.165) is 0 Å². The van der Waals surface area contributed by atoms with E-state index < -0.39 is 4.92 Å². The number of nitrogens with zero attached hydrogens (tertiary/aromatic N) is 3. The lowest BCUT2D eigenvalue weighted by atomic mass is 10.2. The summed E-state index contributed by atoms with van der Waals surface area (Å²) in [6.07, 6.45) is 0.609. The van der Waals surface area contributed by atoms with Crippen LogP contribution in [0.15, 0.2) is 22.7 Å². The van der Waals surface area contributed by atoms with Gasteiger partial charge in [-0.05, 0) is 11.6 Å². The molecule has 0 aliphatic rings. The molecule has 0 amide bonds. The fourth-order valence-electron chi connectivity index (χ4n) is 1.56. The van der Waals surface area contributed by atoms with Gasteiger partial charge in [-0.3, -0.25) is 10.1 Å². The summed E-state index contributed by atoms with van der Waals surface area (Å²) in [5, 5.41) is 23.6. The van der Waals surface area contributed by atoms with E-state index in [1.165, 1.54) is 12.1 Å². The maximum Gasteiger partial charge on any atom is 0.311 e. The van der Waals surface area contributed by atoms with E-state index in [9.17, 15) is 10.1 Å². The summed E-state index contributed by atoms with van der Waals surface area (Å²) in [7, 11) is 0. The van der Waals surface area contributed by atoms with Gasteiger partial charge in [-0.25, -0.2) is 0 Å². The Kier molecular flexibility index (Phi) is 4.26. The molecule has 0 saturated carbocycles. The first-order valence-electron chi connectivity index (χ1n) is 5.96. The van der Waals surface area contributed by atoms with E-state index in [1.54, 1.807) is 6.07 Å². The monoisotopic (exact) mass is 279 g/mol. The number of aliphatic hydroxyl groups is 1. The first-order valence-corrected chi connectivity index (χ1v) is 5.96. The summed E-state index contributed by atoms with van der Waals surface area (Å²) < 4.78 is 10.2. The van der Waals surface area contributed by atoms with Crippen LogP contribution in [0.5, 0.6) is 5.75 Å². The molecule has 0 fully saturated rings. The lowest BCUT2D eigenvalue weighted by Gasteiger charge is -2.05. The summed E-state index contributed by atoms with van der Waals surface area (Å²) in [4.78, 5) is 14.4. The van der Waals surface area contributed by atoms with Crippen LogP contribution in [0.1, 0.15) is 24.2 Å². The number of rotatable bonds is 6. The quantitative estimate of drug-likeness (QED) is 0.631. The number of hydrogen-bond donors (Lipinski definition) is 1. The molecule has 1 aromatic carbocycles. The Bertz CT molecular complexity index is 611. The highest BCUT2D eigenvalue weighted by Gasteiger charge is 2.17. The molecule has 0 aliphatic heterocycles. The molecule has 2 aromatic rings. The van der Waals surface area contributed by atoms with Crippen molar-refractivity contribution < 1.29 is 19.3 Å². The Morgan fingerprint density at radius 3 is 2.90 bits per heavy atom. The number of hydrogen-bond acceptors (Lipinski definition) is 7. The zero-order valence-corrected chi connectivity index (χ0v) is 10.8. The predicted octanol–water partition coefficient (Wildman–Crippen LogP) is 1.61. The van der Waals surface area contributed by atoms with Crippen LogP contribution in [-0.2, 0) is 19.6 Å². The summed E-state index contributed by atoms with van der Waals surface area (Å²) in [5.74, 6) is 0.895. The highest BCUT2D eigenvalue weighted by molar-refractivity contribution is 5.48. The van der Waals surface area contributed by atoms with Crippen LogP contribution in [-0.4, -0.2) is 20.2 Å². The zero-order valence-electron chi connectivity index (χ0n) is 10.8. The largest absolute Gasteiger partial charge is 0.478 e. The Labute approximate surface area is 114 Å². The van der Waals surface area contributed by atoms with Crippen LogP contribution < -0.4 is 4.74 Å². The molecule has 0 aliphatic carbocycles. The number of benzene rings is 1.